The fourth-order valence-electron chi connectivity index (χ4n) is 2.66. The number of ether oxygens (including phenoxy) is 1. The molecule has 10 heteroatoms. The quantitative estimate of drug-likeness (QED) is 0.505. The van der Waals surface area contributed by atoms with Crippen LogP contribution in [0.15, 0.2) is 66.7 Å². The van der Waals surface area contributed by atoms with Crippen molar-refractivity contribution in [1.82, 2.24) is 0 Å². The topological polar surface area (TPSA) is 90.6 Å². The van der Waals surface area contributed by atoms with Crippen LogP contribution in [0.5, 0.6) is 11.5 Å². The summed E-state index contributed by atoms with van der Waals surface area (Å²) >= 11 is 5.87. The zero-order chi connectivity index (χ0) is 22.6. The van der Waals surface area contributed by atoms with E-state index in [0.29, 0.717) is 6.07 Å². The molecule has 0 bridgehead atoms. The number of hydrogen-bond acceptors (Lipinski definition) is 5. The third-order valence-electron chi connectivity index (χ3n) is 4.04. The van der Waals surface area contributed by atoms with Crippen LogP contribution in [0.3, 0.4) is 0 Å². The van der Waals surface area contributed by atoms with E-state index < -0.39 is 40.6 Å². The number of nitrogens with one attached hydrogen (secondary N) is 1. The fraction of sp³-hybridized carbons (Fsp3) is 0.0476. The summed E-state index contributed by atoms with van der Waals surface area (Å²) in [6.07, 6.45) is -4.93. The molecule has 0 fully saturated rings. The number of rotatable bonds is 5. The molecular formula is C21H14ClF3N2O4. The summed E-state index contributed by atoms with van der Waals surface area (Å²) in [4.78, 5) is 28.5. The molecule has 0 aliphatic rings. The Bertz CT molecular complexity index is 1120. The zero-order valence-electron chi connectivity index (χ0n) is 15.6. The van der Waals surface area contributed by atoms with Gasteiger partial charge >= 0.3 is 12.1 Å². The van der Waals surface area contributed by atoms with Gasteiger partial charge in [0.2, 0.25) is 0 Å². The van der Waals surface area contributed by atoms with Gasteiger partial charge < -0.3 is 14.9 Å². The summed E-state index contributed by atoms with van der Waals surface area (Å²) in [7, 11) is 0. The number of anilines is 1. The highest BCUT2D eigenvalue weighted by atomic mass is 35.5. The maximum absolute atomic E-state index is 13.8. The van der Waals surface area contributed by atoms with Crippen LogP contribution < -0.4 is 16.0 Å². The molecule has 0 aliphatic heterocycles. The summed E-state index contributed by atoms with van der Waals surface area (Å²) in [6, 6.07) is 14.9. The summed E-state index contributed by atoms with van der Waals surface area (Å²) in [5.74, 6) is 2.20. The Morgan fingerprint density at radius 2 is 1.65 bits per heavy atom. The minimum atomic E-state index is -4.93. The first-order valence-corrected chi connectivity index (χ1v) is 9.03. The highest BCUT2D eigenvalue weighted by Crippen LogP contribution is 2.43. The van der Waals surface area contributed by atoms with E-state index in [0.717, 1.165) is 6.07 Å². The van der Waals surface area contributed by atoms with Gasteiger partial charge in [-0.1, -0.05) is 35.9 Å². The molecule has 6 nitrogen and oxygen atoms in total. The van der Waals surface area contributed by atoms with Crippen molar-refractivity contribution in [2.24, 2.45) is 5.90 Å². The second kappa shape index (κ2) is 9.07. The molecule has 3 rings (SSSR count). The van der Waals surface area contributed by atoms with Gasteiger partial charge in [0.05, 0.1) is 11.3 Å². The molecule has 0 saturated heterocycles. The second-order valence-corrected chi connectivity index (χ2v) is 6.62. The standard InChI is InChI=1S/C21H14ClF3N2O4/c22-14-6-4-5-12(9-14)19(28)27-17-11-13(20(29)31-26)10-16(21(23,24)25)18(17)30-15-7-2-1-3-8-15/h1-11H,26H2,(H,27,28). The lowest BCUT2D eigenvalue weighted by atomic mass is 10.1. The lowest BCUT2D eigenvalue weighted by molar-refractivity contribution is -0.138. The van der Waals surface area contributed by atoms with Gasteiger partial charge in [-0.05, 0) is 42.5 Å². The molecule has 160 valence electrons. The summed E-state index contributed by atoms with van der Waals surface area (Å²) in [5, 5.41) is 2.59. The fourth-order valence-corrected chi connectivity index (χ4v) is 2.85. The van der Waals surface area contributed by atoms with Gasteiger partial charge in [0.15, 0.2) is 5.75 Å². The minimum absolute atomic E-state index is 0.0820. The van der Waals surface area contributed by atoms with Crippen LogP contribution in [0.25, 0.3) is 0 Å². The maximum Gasteiger partial charge on any atom is 0.420 e. The number of benzene rings is 3. The van der Waals surface area contributed by atoms with E-state index in [-0.39, 0.29) is 16.3 Å². The highest BCUT2D eigenvalue weighted by Gasteiger charge is 2.37. The molecule has 0 atom stereocenters. The van der Waals surface area contributed by atoms with Crippen molar-refractivity contribution in [1.29, 1.82) is 0 Å². The van der Waals surface area contributed by atoms with Crippen molar-refractivity contribution >= 4 is 29.2 Å². The van der Waals surface area contributed by atoms with Gasteiger partial charge in [-0.15, -0.1) is 0 Å². The van der Waals surface area contributed by atoms with E-state index >= 15 is 0 Å². The molecular weight excluding hydrogens is 437 g/mol. The van der Waals surface area contributed by atoms with Crippen molar-refractivity contribution in [2.75, 3.05) is 5.32 Å². The summed E-state index contributed by atoms with van der Waals surface area (Å²) in [5.41, 5.74) is -2.17. The van der Waals surface area contributed by atoms with Crippen LogP contribution >= 0.6 is 11.6 Å². The van der Waals surface area contributed by atoms with E-state index in [4.69, 9.17) is 22.2 Å². The predicted octanol–water partition coefficient (Wildman–Crippen LogP) is 5.43. The molecule has 0 heterocycles. The smallest absolute Gasteiger partial charge is 0.420 e. The number of nitrogens with two attached hydrogens (primary N) is 1. The minimum Gasteiger partial charge on any atom is -0.455 e. The molecule has 0 spiro atoms. The number of amides is 1. The second-order valence-electron chi connectivity index (χ2n) is 6.18. The van der Waals surface area contributed by atoms with Crippen LogP contribution in [0.4, 0.5) is 18.9 Å². The molecule has 3 aromatic carbocycles. The van der Waals surface area contributed by atoms with Gasteiger partial charge in [-0.3, -0.25) is 4.79 Å². The molecule has 1 amide bonds. The molecule has 0 unspecified atom stereocenters. The van der Waals surface area contributed by atoms with Gasteiger partial charge in [-0.2, -0.15) is 19.1 Å². The zero-order valence-corrected chi connectivity index (χ0v) is 16.3. The van der Waals surface area contributed by atoms with Crippen LogP contribution in [0.2, 0.25) is 5.02 Å². The van der Waals surface area contributed by atoms with Gasteiger partial charge in [0.25, 0.3) is 5.91 Å². The van der Waals surface area contributed by atoms with Crippen LogP contribution in [0, 0.1) is 0 Å². The Morgan fingerprint density at radius 1 is 0.935 bits per heavy atom. The number of carbonyl (C=O) groups is 2. The third kappa shape index (κ3) is 5.33. The molecule has 0 aromatic heterocycles. The van der Waals surface area contributed by atoms with E-state index in [1.54, 1.807) is 18.2 Å². The number of alkyl halides is 3. The van der Waals surface area contributed by atoms with Gasteiger partial charge in [0.1, 0.15) is 11.3 Å². The van der Waals surface area contributed by atoms with Crippen molar-refractivity contribution in [2.45, 2.75) is 6.18 Å². The Hall–Kier alpha value is -3.56. The monoisotopic (exact) mass is 450 g/mol. The SMILES string of the molecule is NOC(=O)c1cc(NC(=O)c2cccc(Cl)c2)c(Oc2ccccc2)c(C(F)(F)F)c1. The highest BCUT2D eigenvalue weighted by molar-refractivity contribution is 6.31. The molecule has 0 radical (unpaired) electrons. The van der Waals surface area contributed by atoms with Crippen molar-refractivity contribution < 1.29 is 32.3 Å². The van der Waals surface area contributed by atoms with Gasteiger partial charge in [0, 0.05) is 10.6 Å². The normalized spacial score (nSPS) is 11.0. The van der Waals surface area contributed by atoms with E-state index in [2.05, 4.69) is 10.2 Å². The number of halogens is 4. The Labute approximate surface area is 179 Å². The Morgan fingerprint density at radius 3 is 2.26 bits per heavy atom. The maximum atomic E-state index is 13.8. The van der Waals surface area contributed by atoms with Crippen molar-refractivity contribution in [3.63, 3.8) is 0 Å². The van der Waals surface area contributed by atoms with E-state index in [9.17, 15) is 22.8 Å². The van der Waals surface area contributed by atoms with Crippen molar-refractivity contribution in [3.05, 3.63) is 88.4 Å². The van der Waals surface area contributed by atoms with Crippen LogP contribution in [-0.2, 0) is 11.0 Å². The Kier molecular flexibility index (Phi) is 6.47. The van der Waals surface area contributed by atoms with E-state index in [1.807, 2.05) is 0 Å². The summed E-state index contributed by atoms with van der Waals surface area (Å²) in [6.45, 7) is 0. The average Bonchev–Trinajstić information content (AvgIpc) is 2.74. The molecule has 0 aliphatic carbocycles. The lowest BCUT2D eigenvalue weighted by Gasteiger charge is -2.19. The third-order valence-corrected chi connectivity index (χ3v) is 4.27. The lowest BCUT2D eigenvalue weighted by Crippen LogP contribution is -2.18. The number of hydrogen-bond donors (Lipinski definition) is 2. The predicted molar refractivity (Wildman–Crippen MR) is 107 cm³/mol. The first-order chi connectivity index (χ1) is 14.7. The van der Waals surface area contributed by atoms with Crippen molar-refractivity contribution in [3.8, 4) is 11.5 Å². The van der Waals surface area contributed by atoms with Gasteiger partial charge in [-0.25, -0.2) is 4.79 Å². The Balaban J connectivity index is 2.15. The molecule has 3 aromatic rings. The molecule has 31 heavy (non-hydrogen) atoms. The molecule has 0 saturated carbocycles. The molecule has 3 N–H and O–H groups in total. The average molecular weight is 451 g/mol. The first-order valence-electron chi connectivity index (χ1n) is 8.65. The number of carbonyl (C=O) groups excluding carboxylic acids is 2. The van der Waals surface area contributed by atoms with E-state index in [1.165, 1.54) is 36.4 Å². The van der Waals surface area contributed by atoms with Crippen LogP contribution in [-0.4, -0.2) is 11.9 Å². The summed E-state index contributed by atoms with van der Waals surface area (Å²) < 4.78 is 46.8. The number of para-hydroxylation sites is 1. The van der Waals surface area contributed by atoms with Crippen LogP contribution in [0.1, 0.15) is 26.3 Å². The first kappa shape index (κ1) is 22.1. The largest absolute Gasteiger partial charge is 0.455 e.